The Bertz CT molecular complexity index is 754. The third-order valence-electron chi connectivity index (χ3n) is 6.73. The zero-order valence-electron chi connectivity index (χ0n) is 19.6. The lowest BCUT2D eigenvalue weighted by molar-refractivity contribution is -0.122. The number of aliphatic imine (C=N–C) groups is 1. The Hall–Kier alpha value is -2.31. The molecule has 3 heterocycles. The molecular weight excluding hydrogens is 388 g/mol. The van der Waals surface area contributed by atoms with Crippen LogP contribution in [0.15, 0.2) is 23.3 Å². The first-order chi connectivity index (χ1) is 15.0. The van der Waals surface area contributed by atoms with E-state index in [0.29, 0.717) is 12.0 Å². The maximum absolute atomic E-state index is 11.5. The number of primary amides is 1. The molecule has 1 atom stereocenters. The maximum atomic E-state index is 11.5. The van der Waals surface area contributed by atoms with Crippen LogP contribution in [0.3, 0.4) is 0 Å². The van der Waals surface area contributed by atoms with Gasteiger partial charge in [-0.3, -0.25) is 4.79 Å². The van der Waals surface area contributed by atoms with E-state index in [0.717, 1.165) is 62.9 Å². The minimum atomic E-state index is -0.183. The van der Waals surface area contributed by atoms with Crippen LogP contribution in [0.5, 0.6) is 0 Å². The zero-order chi connectivity index (χ0) is 22.3. The quantitative estimate of drug-likeness (QED) is 0.515. The second kappa shape index (κ2) is 10.8. The number of piperidine rings is 2. The molecule has 0 aromatic carbocycles. The molecule has 1 unspecified atom stereocenters. The Kier molecular flexibility index (Phi) is 8.15. The summed E-state index contributed by atoms with van der Waals surface area (Å²) in [6.07, 6.45) is 8.43. The predicted octanol–water partition coefficient (Wildman–Crippen LogP) is 3.15. The minimum absolute atomic E-state index is 0.0154. The Morgan fingerprint density at radius 2 is 2.10 bits per heavy atom. The van der Waals surface area contributed by atoms with Crippen molar-refractivity contribution in [1.82, 2.24) is 15.2 Å². The lowest BCUT2D eigenvalue weighted by Gasteiger charge is -2.42. The number of aromatic nitrogens is 1. The number of pyridine rings is 1. The normalized spacial score (nSPS) is 23.1. The third kappa shape index (κ3) is 6.11. The van der Waals surface area contributed by atoms with Crippen molar-refractivity contribution in [2.45, 2.75) is 65.8 Å². The topological polar surface area (TPSA) is 86.8 Å². The SMILES string of the molecule is CCCC1(C)CCCN(C(=NCc2cccnc2N2CCC(C(N)=O)CC2)NCC)C1. The van der Waals surface area contributed by atoms with Crippen LogP contribution < -0.4 is 16.0 Å². The highest BCUT2D eigenvalue weighted by Crippen LogP contribution is 2.34. The molecule has 7 heteroatoms. The fourth-order valence-corrected chi connectivity index (χ4v) is 5.10. The molecule has 0 saturated carbocycles. The van der Waals surface area contributed by atoms with Crippen molar-refractivity contribution < 1.29 is 4.79 Å². The summed E-state index contributed by atoms with van der Waals surface area (Å²) in [4.78, 5) is 25.9. The van der Waals surface area contributed by atoms with Gasteiger partial charge < -0.3 is 20.9 Å². The van der Waals surface area contributed by atoms with Crippen LogP contribution in [0.1, 0.15) is 64.9 Å². The second-order valence-electron chi connectivity index (χ2n) is 9.41. The van der Waals surface area contributed by atoms with E-state index in [1.807, 2.05) is 12.3 Å². The van der Waals surface area contributed by atoms with Crippen molar-refractivity contribution in [3.05, 3.63) is 23.9 Å². The molecular formula is C24H40N6O. The first kappa shape index (κ1) is 23.4. The Morgan fingerprint density at radius 3 is 2.77 bits per heavy atom. The first-order valence-electron chi connectivity index (χ1n) is 12.0. The van der Waals surface area contributed by atoms with Crippen molar-refractivity contribution in [3.63, 3.8) is 0 Å². The van der Waals surface area contributed by atoms with Gasteiger partial charge in [0.25, 0.3) is 0 Å². The van der Waals surface area contributed by atoms with E-state index in [1.165, 1.54) is 25.7 Å². The van der Waals surface area contributed by atoms with Crippen LogP contribution >= 0.6 is 0 Å². The van der Waals surface area contributed by atoms with Gasteiger partial charge in [-0.25, -0.2) is 9.98 Å². The summed E-state index contributed by atoms with van der Waals surface area (Å²) < 4.78 is 0. The van der Waals surface area contributed by atoms with Gasteiger partial charge in [-0.2, -0.15) is 0 Å². The Balaban J connectivity index is 1.72. The van der Waals surface area contributed by atoms with E-state index in [1.54, 1.807) is 0 Å². The highest BCUT2D eigenvalue weighted by molar-refractivity contribution is 5.80. The number of nitrogens with two attached hydrogens (primary N) is 1. The number of carbonyl (C=O) groups is 1. The van der Waals surface area contributed by atoms with Crippen molar-refractivity contribution in [3.8, 4) is 0 Å². The lowest BCUT2D eigenvalue weighted by atomic mass is 9.78. The summed E-state index contributed by atoms with van der Waals surface area (Å²) >= 11 is 0. The van der Waals surface area contributed by atoms with Gasteiger partial charge in [0, 0.05) is 50.4 Å². The van der Waals surface area contributed by atoms with E-state index >= 15 is 0 Å². The number of nitrogens with zero attached hydrogens (tertiary/aromatic N) is 4. The van der Waals surface area contributed by atoms with Crippen molar-refractivity contribution in [2.24, 2.45) is 22.1 Å². The van der Waals surface area contributed by atoms with Gasteiger partial charge >= 0.3 is 0 Å². The van der Waals surface area contributed by atoms with E-state index in [9.17, 15) is 4.79 Å². The molecule has 2 aliphatic heterocycles. The van der Waals surface area contributed by atoms with Crippen molar-refractivity contribution >= 4 is 17.7 Å². The molecule has 2 saturated heterocycles. The summed E-state index contributed by atoms with van der Waals surface area (Å²) in [5.41, 5.74) is 6.99. The molecule has 7 nitrogen and oxygen atoms in total. The molecule has 2 fully saturated rings. The van der Waals surface area contributed by atoms with Crippen LogP contribution in [0.4, 0.5) is 5.82 Å². The zero-order valence-corrected chi connectivity index (χ0v) is 19.6. The monoisotopic (exact) mass is 428 g/mol. The number of likely N-dealkylation sites (tertiary alicyclic amines) is 1. The number of guanidine groups is 1. The largest absolute Gasteiger partial charge is 0.369 e. The van der Waals surface area contributed by atoms with Gasteiger partial charge in [-0.1, -0.05) is 26.3 Å². The third-order valence-corrected chi connectivity index (χ3v) is 6.73. The smallest absolute Gasteiger partial charge is 0.220 e. The van der Waals surface area contributed by atoms with Crippen LogP contribution in [0, 0.1) is 11.3 Å². The lowest BCUT2D eigenvalue weighted by Crippen LogP contribution is -2.49. The fourth-order valence-electron chi connectivity index (χ4n) is 5.10. The number of anilines is 1. The van der Waals surface area contributed by atoms with Crippen LogP contribution in [0.25, 0.3) is 0 Å². The molecule has 1 aromatic heterocycles. The predicted molar refractivity (Wildman–Crippen MR) is 127 cm³/mol. The average Bonchev–Trinajstić information content (AvgIpc) is 2.77. The van der Waals surface area contributed by atoms with Crippen LogP contribution in [-0.2, 0) is 11.3 Å². The standard InChI is InChI=1S/C24H40N6O/c1-4-11-24(3)12-7-14-30(18-24)23(26-5-2)28-17-20-8-6-13-27-22(20)29-15-9-19(10-16-29)21(25)31/h6,8,13,19H,4-5,7,9-12,14-18H2,1-3H3,(H2,25,31)(H,26,28). The number of rotatable bonds is 7. The van der Waals surface area contributed by atoms with Gasteiger partial charge in [0.15, 0.2) is 5.96 Å². The molecule has 3 N–H and O–H groups in total. The second-order valence-corrected chi connectivity index (χ2v) is 9.41. The molecule has 1 aromatic rings. The molecule has 3 rings (SSSR count). The summed E-state index contributed by atoms with van der Waals surface area (Å²) in [7, 11) is 0. The number of hydrogen-bond donors (Lipinski definition) is 2. The fraction of sp³-hybridized carbons (Fsp3) is 0.708. The summed E-state index contributed by atoms with van der Waals surface area (Å²) in [5.74, 6) is 1.79. The van der Waals surface area contributed by atoms with E-state index in [-0.39, 0.29) is 11.8 Å². The molecule has 1 amide bonds. The molecule has 172 valence electrons. The van der Waals surface area contributed by atoms with E-state index in [4.69, 9.17) is 10.7 Å². The molecule has 31 heavy (non-hydrogen) atoms. The van der Waals surface area contributed by atoms with Gasteiger partial charge in [0.05, 0.1) is 6.54 Å². The number of amides is 1. The van der Waals surface area contributed by atoms with Gasteiger partial charge in [-0.15, -0.1) is 0 Å². The first-order valence-corrected chi connectivity index (χ1v) is 12.0. The number of carbonyl (C=O) groups excluding carboxylic acids is 1. The number of hydrogen-bond acceptors (Lipinski definition) is 4. The molecule has 0 spiro atoms. The average molecular weight is 429 g/mol. The molecule has 0 radical (unpaired) electrons. The summed E-state index contributed by atoms with van der Waals surface area (Å²) in [5, 5.41) is 3.51. The van der Waals surface area contributed by atoms with Crippen molar-refractivity contribution in [1.29, 1.82) is 0 Å². The number of nitrogens with one attached hydrogen (secondary N) is 1. The summed E-state index contributed by atoms with van der Waals surface area (Å²) in [6.45, 7) is 12.0. The van der Waals surface area contributed by atoms with Crippen molar-refractivity contribution in [2.75, 3.05) is 37.6 Å². The van der Waals surface area contributed by atoms with E-state index in [2.05, 4.69) is 46.9 Å². The minimum Gasteiger partial charge on any atom is -0.369 e. The highest BCUT2D eigenvalue weighted by atomic mass is 16.1. The maximum Gasteiger partial charge on any atom is 0.220 e. The van der Waals surface area contributed by atoms with Crippen LogP contribution in [0.2, 0.25) is 0 Å². The molecule has 0 bridgehead atoms. The van der Waals surface area contributed by atoms with Gasteiger partial charge in [0.2, 0.25) is 5.91 Å². The Morgan fingerprint density at radius 1 is 1.32 bits per heavy atom. The van der Waals surface area contributed by atoms with Crippen LogP contribution in [-0.4, -0.2) is 54.5 Å². The molecule has 0 aliphatic carbocycles. The highest BCUT2D eigenvalue weighted by Gasteiger charge is 2.31. The Labute approximate surface area is 187 Å². The van der Waals surface area contributed by atoms with Gasteiger partial charge in [-0.05, 0) is 50.5 Å². The summed E-state index contributed by atoms with van der Waals surface area (Å²) in [6, 6.07) is 4.10. The van der Waals surface area contributed by atoms with Gasteiger partial charge in [0.1, 0.15) is 5.82 Å². The van der Waals surface area contributed by atoms with E-state index < -0.39 is 0 Å². The molecule has 2 aliphatic rings.